The fourth-order valence-electron chi connectivity index (χ4n) is 3.64. The predicted molar refractivity (Wildman–Crippen MR) is 104 cm³/mol. The maximum Gasteiger partial charge on any atom is 0.416 e. The molecular weight excluding hydrogens is 395 g/mol. The molecule has 0 aliphatic carbocycles. The van der Waals surface area contributed by atoms with E-state index in [4.69, 9.17) is 4.42 Å². The molecule has 156 valence electrons. The van der Waals surface area contributed by atoms with Crippen LogP contribution >= 0.6 is 0 Å². The summed E-state index contributed by atoms with van der Waals surface area (Å²) in [7, 11) is 0. The molecule has 0 spiro atoms. The Balaban J connectivity index is 1.48. The summed E-state index contributed by atoms with van der Waals surface area (Å²) in [6.45, 7) is 3.06. The van der Waals surface area contributed by atoms with Gasteiger partial charge in [-0.25, -0.2) is 0 Å². The average Bonchev–Trinajstić information content (AvgIpc) is 3.23. The molecule has 0 N–H and O–H groups in total. The number of piperidine rings is 1. The minimum Gasteiger partial charge on any atom is -0.420 e. The Morgan fingerprint density at radius 3 is 2.60 bits per heavy atom. The van der Waals surface area contributed by atoms with Crippen molar-refractivity contribution in [3.05, 3.63) is 71.1 Å². The lowest BCUT2D eigenvalue weighted by atomic mass is 9.97. The fraction of sp³-hybridized carbons (Fsp3) is 0.318. The molecule has 8 heteroatoms. The molecule has 0 bridgehead atoms. The first-order chi connectivity index (χ1) is 14.3. The zero-order chi connectivity index (χ0) is 21.3. The Morgan fingerprint density at radius 1 is 1.13 bits per heavy atom. The predicted octanol–water partition coefficient (Wildman–Crippen LogP) is 5.08. The normalized spacial score (nSPS) is 17.2. The van der Waals surface area contributed by atoms with Gasteiger partial charge in [-0.05, 0) is 56.2 Å². The standard InChI is InChI=1S/C22H20F3N3O2/c1-14-4-2-5-16(12-14)21(29)28-11-3-6-17(13-28)20-27-26-19(30-20)15-7-9-18(10-8-15)22(23,24)25/h2,4-5,7-10,12,17H,3,6,11,13H2,1H3. The van der Waals surface area contributed by atoms with Gasteiger partial charge in [-0.15, -0.1) is 10.2 Å². The van der Waals surface area contributed by atoms with Gasteiger partial charge in [0.2, 0.25) is 11.8 Å². The number of hydrogen-bond donors (Lipinski definition) is 0. The minimum atomic E-state index is -4.39. The molecule has 1 unspecified atom stereocenters. The third kappa shape index (κ3) is 4.22. The second-order valence-corrected chi connectivity index (χ2v) is 7.48. The van der Waals surface area contributed by atoms with E-state index in [1.54, 1.807) is 11.0 Å². The van der Waals surface area contributed by atoms with Crippen LogP contribution in [0.15, 0.2) is 52.9 Å². The van der Waals surface area contributed by atoms with E-state index in [2.05, 4.69) is 10.2 Å². The van der Waals surface area contributed by atoms with Crippen LogP contribution in [-0.4, -0.2) is 34.1 Å². The highest BCUT2D eigenvalue weighted by Crippen LogP contribution is 2.32. The van der Waals surface area contributed by atoms with Crippen LogP contribution in [0.3, 0.4) is 0 Å². The van der Waals surface area contributed by atoms with Crippen LogP contribution in [0, 0.1) is 6.92 Å². The van der Waals surface area contributed by atoms with Crippen molar-refractivity contribution in [1.82, 2.24) is 15.1 Å². The van der Waals surface area contributed by atoms with Crippen molar-refractivity contribution in [3.63, 3.8) is 0 Å². The van der Waals surface area contributed by atoms with E-state index in [1.807, 2.05) is 25.1 Å². The van der Waals surface area contributed by atoms with Crippen LogP contribution < -0.4 is 0 Å². The lowest BCUT2D eigenvalue weighted by Crippen LogP contribution is -2.39. The van der Waals surface area contributed by atoms with Crippen molar-refractivity contribution < 1.29 is 22.4 Å². The third-order valence-electron chi connectivity index (χ3n) is 5.22. The second-order valence-electron chi connectivity index (χ2n) is 7.48. The number of hydrogen-bond acceptors (Lipinski definition) is 4. The van der Waals surface area contributed by atoms with Crippen LogP contribution in [0.5, 0.6) is 0 Å². The van der Waals surface area contributed by atoms with Crippen LogP contribution in [0.1, 0.15) is 46.1 Å². The van der Waals surface area contributed by atoms with Gasteiger partial charge in [0.1, 0.15) is 0 Å². The van der Waals surface area contributed by atoms with E-state index < -0.39 is 11.7 Å². The number of carbonyl (C=O) groups is 1. The van der Waals surface area contributed by atoms with Gasteiger partial charge in [0, 0.05) is 24.2 Å². The summed E-state index contributed by atoms with van der Waals surface area (Å²) in [6, 6.07) is 12.1. The zero-order valence-corrected chi connectivity index (χ0v) is 16.3. The number of rotatable bonds is 3. The lowest BCUT2D eigenvalue weighted by Gasteiger charge is -2.31. The molecule has 0 saturated carbocycles. The molecule has 1 aliphatic heterocycles. The van der Waals surface area contributed by atoms with Gasteiger partial charge in [0.15, 0.2) is 0 Å². The van der Waals surface area contributed by atoms with Gasteiger partial charge in [0.05, 0.1) is 11.5 Å². The van der Waals surface area contributed by atoms with Crippen LogP contribution in [-0.2, 0) is 6.18 Å². The van der Waals surface area contributed by atoms with Crippen molar-refractivity contribution >= 4 is 5.91 Å². The number of likely N-dealkylation sites (tertiary alicyclic amines) is 1. The van der Waals surface area contributed by atoms with Crippen LogP contribution in [0.4, 0.5) is 13.2 Å². The number of alkyl halides is 3. The monoisotopic (exact) mass is 415 g/mol. The second kappa shape index (κ2) is 7.93. The molecule has 1 fully saturated rings. The molecule has 3 aromatic rings. The summed E-state index contributed by atoms with van der Waals surface area (Å²) >= 11 is 0. The van der Waals surface area contributed by atoms with Crippen molar-refractivity contribution in [1.29, 1.82) is 0 Å². The van der Waals surface area contributed by atoms with Gasteiger partial charge in [-0.3, -0.25) is 4.79 Å². The van der Waals surface area contributed by atoms with Crippen molar-refractivity contribution in [2.24, 2.45) is 0 Å². The molecule has 2 heterocycles. The average molecular weight is 415 g/mol. The van der Waals surface area contributed by atoms with Gasteiger partial charge in [-0.2, -0.15) is 13.2 Å². The highest BCUT2D eigenvalue weighted by Gasteiger charge is 2.31. The van der Waals surface area contributed by atoms with E-state index in [9.17, 15) is 18.0 Å². The van der Waals surface area contributed by atoms with Gasteiger partial charge >= 0.3 is 6.18 Å². The largest absolute Gasteiger partial charge is 0.420 e. The van der Waals surface area contributed by atoms with Crippen molar-refractivity contribution in [3.8, 4) is 11.5 Å². The molecule has 0 radical (unpaired) electrons. The molecule has 5 nitrogen and oxygen atoms in total. The van der Waals surface area contributed by atoms with E-state index in [1.165, 1.54) is 12.1 Å². The summed E-state index contributed by atoms with van der Waals surface area (Å²) in [5.41, 5.74) is 1.35. The molecule has 1 atom stereocenters. The van der Waals surface area contributed by atoms with E-state index in [0.29, 0.717) is 30.1 Å². The Labute approximate surface area is 171 Å². The van der Waals surface area contributed by atoms with E-state index in [-0.39, 0.29) is 17.7 Å². The first-order valence-corrected chi connectivity index (χ1v) is 9.68. The highest BCUT2D eigenvalue weighted by molar-refractivity contribution is 5.94. The van der Waals surface area contributed by atoms with E-state index in [0.717, 1.165) is 30.5 Å². The summed E-state index contributed by atoms with van der Waals surface area (Å²) in [5.74, 6) is 0.418. The Bertz CT molecular complexity index is 1040. The number of aromatic nitrogens is 2. The Kier molecular flexibility index (Phi) is 5.32. The summed E-state index contributed by atoms with van der Waals surface area (Å²) in [4.78, 5) is 14.6. The summed E-state index contributed by atoms with van der Waals surface area (Å²) < 4.78 is 43.9. The van der Waals surface area contributed by atoms with Gasteiger partial charge < -0.3 is 9.32 Å². The lowest BCUT2D eigenvalue weighted by molar-refractivity contribution is -0.137. The molecule has 1 aromatic heterocycles. The smallest absolute Gasteiger partial charge is 0.416 e. The summed E-state index contributed by atoms with van der Waals surface area (Å²) in [5, 5.41) is 8.08. The first-order valence-electron chi connectivity index (χ1n) is 9.68. The molecule has 4 rings (SSSR count). The number of aryl methyl sites for hydroxylation is 1. The quantitative estimate of drug-likeness (QED) is 0.598. The maximum absolute atomic E-state index is 12.8. The van der Waals surface area contributed by atoms with E-state index >= 15 is 0 Å². The van der Waals surface area contributed by atoms with Crippen molar-refractivity contribution in [2.45, 2.75) is 31.9 Å². The molecule has 1 amide bonds. The van der Waals surface area contributed by atoms with Gasteiger partial charge in [-0.1, -0.05) is 17.7 Å². The zero-order valence-electron chi connectivity index (χ0n) is 16.3. The number of nitrogens with zero attached hydrogens (tertiary/aromatic N) is 3. The molecule has 2 aromatic carbocycles. The topological polar surface area (TPSA) is 59.2 Å². The van der Waals surface area contributed by atoms with Crippen LogP contribution in [0.2, 0.25) is 0 Å². The first kappa shape index (κ1) is 20.1. The van der Waals surface area contributed by atoms with Gasteiger partial charge in [0.25, 0.3) is 5.91 Å². The number of halogens is 3. The summed E-state index contributed by atoms with van der Waals surface area (Å²) in [6.07, 6.45) is -2.79. The Hall–Kier alpha value is -3.16. The number of amides is 1. The Morgan fingerprint density at radius 2 is 1.90 bits per heavy atom. The fourth-order valence-corrected chi connectivity index (χ4v) is 3.64. The SMILES string of the molecule is Cc1cccc(C(=O)N2CCCC(c3nnc(-c4ccc(C(F)(F)F)cc4)o3)C2)c1. The molecular formula is C22H20F3N3O2. The number of carbonyl (C=O) groups excluding carboxylic acids is 1. The third-order valence-corrected chi connectivity index (χ3v) is 5.22. The highest BCUT2D eigenvalue weighted by atomic mass is 19.4. The molecule has 1 aliphatic rings. The maximum atomic E-state index is 12.8. The number of benzene rings is 2. The molecule has 30 heavy (non-hydrogen) atoms. The molecule has 1 saturated heterocycles. The van der Waals surface area contributed by atoms with Crippen LogP contribution in [0.25, 0.3) is 11.5 Å². The minimum absolute atomic E-state index is 0.0362. The van der Waals surface area contributed by atoms with Crippen molar-refractivity contribution in [2.75, 3.05) is 13.1 Å².